The molecular formula is C16H15BrFN5O. The van der Waals surface area contributed by atoms with E-state index in [4.69, 9.17) is 9.72 Å². The zero-order valence-corrected chi connectivity index (χ0v) is 14.6. The van der Waals surface area contributed by atoms with Gasteiger partial charge in [0.05, 0.1) is 41.2 Å². The molecule has 6 nitrogen and oxygen atoms in total. The molecule has 0 aromatic carbocycles. The molecule has 1 aliphatic rings. The van der Waals surface area contributed by atoms with Crippen molar-refractivity contribution in [3.63, 3.8) is 0 Å². The van der Waals surface area contributed by atoms with Crippen molar-refractivity contribution in [2.75, 3.05) is 24.7 Å². The van der Waals surface area contributed by atoms with Crippen LogP contribution >= 0.6 is 15.9 Å². The molecule has 3 aromatic rings. The normalized spacial score (nSPS) is 18.3. The second-order valence-electron chi connectivity index (χ2n) is 5.69. The smallest absolute Gasteiger partial charge is 0.222 e. The summed E-state index contributed by atoms with van der Waals surface area (Å²) in [5, 5.41) is 4.31. The number of aromatic nitrogens is 4. The van der Waals surface area contributed by atoms with E-state index in [-0.39, 0.29) is 6.04 Å². The first-order valence-electron chi connectivity index (χ1n) is 7.64. The lowest BCUT2D eigenvalue weighted by molar-refractivity contribution is 0.0985. The third-order valence-electron chi connectivity index (χ3n) is 4.11. The van der Waals surface area contributed by atoms with Gasteiger partial charge < -0.3 is 9.64 Å². The lowest BCUT2D eigenvalue weighted by atomic mass is 10.1. The van der Waals surface area contributed by atoms with E-state index in [2.05, 4.69) is 37.8 Å². The fraction of sp³-hybridized carbons (Fsp3) is 0.312. The van der Waals surface area contributed by atoms with Crippen LogP contribution in [0.25, 0.3) is 16.9 Å². The molecule has 4 rings (SSSR count). The van der Waals surface area contributed by atoms with Crippen molar-refractivity contribution >= 4 is 27.4 Å². The summed E-state index contributed by atoms with van der Waals surface area (Å²) in [4.78, 5) is 10.6. The van der Waals surface area contributed by atoms with Crippen LogP contribution in [0.4, 0.5) is 10.2 Å². The molecule has 0 aliphatic carbocycles. The van der Waals surface area contributed by atoms with E-state index in [1.165, 1.54) is 6.20 Å². The second kappa shape index (κ2) is 6.10. The van der Waals surface area contributed by atoms with Crippen molar-refractivity contribution in [2.24, 2.45) is 0 Å². The van der Waals surface area contributed by atoms with Gasteiger partial charge in [-0.3, -0.25) is 0 Å². The molecule has 0 radical (unpaired) electrons. The van der Waals surface area contributed by atoms with Gasteiger partial charge in [0.15, 0.2) is 5.65 Å². The van der Waals surface area contributed by atoms with Gasteiger partial charge in [-0.15, -0.1) is 0 Å². The van der Waals surface area contributed by atoms with Crippen LogP contribution in [0.3, 0.4) is 0 Å². The maximum atomic E-state index is 14.2. The van der Waals surface area contributed by atoms with E-state index < -0.39 is 5.95 Å². The molecule has 8 heteroatoms. The van der Waals surface area contributed by atoms with E-state index in [1.54, 1.807) is 22.8 Å². The van der Waals surface area contributed by atoms with E-state index in [1.807, 2.05) is 6.07 Å². The van der Waals surface area contributed by atoms with Gasteiger partial charge in [-0.1, -0.05) is 0 Å². The Morgan fingerprint density at radius 1 is 1.42 bits per heavy atom. The van der Waals surface area contributed by atoms with E-state index in [0.29, 0.717) is 30.1 Å². The Kier molecular flexibility index (Phi) is 3.93. The summed E-state index contributed by atoms with van der Waals surface area (Å²) in [6.07, 6.45) is 3.09. The van der Waals surface area contributed by atoms with Crippen LogP contribution < -0.4 is 4.90 Å². The molecule has 1 aliphatic heterocycles. The van der Waals surface area contributed by atoms with Crippen LogP contribution in [0.15, 0.2) is 35.1 Å². The van der Waals surface area contributed by atoms with Crippen molar-refractivity contribution in [1.29, 1.82) is 0 Å². The van der Waals surface area contributed by atoms with Gasteiger partial charge in [-0.2, -0.15) is 9.49 Å². The summed E-state index contributed by atoms with van der Waals surface area (Å²) in [7, 11) is 0. The van der Waals surface area contributed by atoms with Gasteiger partial charge in [0.25, 0.3) is 0 Å². The summed E-state index contributed by atoms with van der Waals surface area (Å²) in [5.74, 6) is 0.246. The summed E-state index contributed by atoms with van der Waals surface area (Å²) in [5.41, 5.74) is 1.65. The lowest BCUT2D eigenvalue weighted by Gasteiger charge is -2.34. The Morgan fingerprint density at radius 3 is 3.08 bits per heavy atom. The maximum absolute atomic E-state index is 14.2. The Hall–Kier alpha value is -2.06. The minimum atomic E-state index is -0.530. The molecular weight excluding hydrogens is 377 g/mol. The number of hydrogen-bond acceptors (Lipinski definition) is 5. The highest BCUT2D eigenvalue weighted by molar-refractivity contribution is 9.10. The van der Waals surface area contributed by atoms with Crippen molar-refractivity contribution < 1.29 is 9.13 Å². The van der Waals surface area contributed by atoms with Crippen molar-refractivity contribution in [3.05, 3.63) is 41.0 Å². The number of halogens is 2. The predicted molar refractivity (Wildman–Crippen MR) is 91.5 cm³/mol. The molecule has 124 valence electrons. The molecule has 0 amide bonds. The Bertz CT molecular complexity index is 899. The zero-order valence-electron chi connectivity index (χ0n) is 13.0. The highest BCUT2D eigenvalue weighted by Crippen LogP contribution is 2.30. The van der Waals surface area contributed by atoms with Crippen LogP contribution in [-0.2, 0) is 4.74 Å². The quantitative estimate of drug-likeness (QED) is 0.628. The summed E-state index contributed by atoms with van der Waals surface area (Å²) >= 11 is 3.47. The predicted octanol–water partition coefficient (Wildman–Crippen LogP) is 2.92. The molecule has 0 unspecified atom stereocenters. The number of fused-ring (bicyclic) bond motifs is 1. The minimum Gasteiger partial charge on any atom is -0.377 e. The number of anilines is 1. The molecule has 1 fully saturated rings. The SMILES string of the molecule is C[C@@H]1COCCN1c1cc(-c2cccnc2F)n2ncc(Br)c2n1. The number of ether oxygens (including phenoxy) is 1. The topological polar surface area (TPSA) is 55.5 Å². The molecule has 24 heavy (non-hydrogen) atoms. The van der Waals surface area contributed by atoms with Crippen LogP contribution in [0, 0.1) is 5.95 Å². The highest BCUT2D eigenvalue weighted by Gasteiger charge is 2.23. The molecule has 4 heterocycles. The van der Waals surface area contributed by atoms with Crippen LogP contribution in [-0.4, -0.2) is 45.4 Å². The van der Waals surface area contributed by atoms with E-state index in [0.717, 1.165) is 16.8 Å². The summed E-state index contributed by atoms with van der Waals surface area (Å²) < 4.78 is 22.1. The number of pyridine rings is 1. The highest BCUT2D eigenvalue weighted by atomic mass is 79.9. The zero-order chi connectivity index (χ0) is 16.7. The Balaban J connectivity index is 1.94. The molecule has 0 bridgehead atoms. The number of rotatable bonds is 2. The maximum Gasteiger partial charge on any atom is 0.222 e. The van der Waals surface area contributed by atoms with Gasteiger partial charge in [0.1, 0.15) is 5.82 Å². The minimum absolute atomic E-state index is 0.196. The lowest BCUT2D eigenvalue weighted by Crippen LogP contribution is -2.44. The van der Waals surface area contributed by atoms with Gasteiger partial charge in [-0.05, 0) is 35.0 Å². The number of nitrogens with zero attached hydrogens (tertiary/aromatic N) is 5. The summed E-state index contributed by atoms with van der Waals surface area (Å²) in [6, 6.07) is 5.45. The molecule has 1 atom stereocenters. The second-order valence-corrected chi connectivity index (χ2v) is 6.54. The number of morpholine rings is 1. The first-order valence-corrected chi connectivity index (χ1v) is 8.44. The van der Waals surface area contributed by atoms with Crippen molar-refractivity contribution in [2.45, 2.75) is 13.0 Å². The van der Waals surface area contributed by atoms with Gasteiger partial charge >= 0.3 is 0 Å². The Morgan fingerprint density at radius 2 is 2.29 bits per heavy atom. The van der Waals surface area contributed by atoms with E-state index >= 15 is 0 Å². The average Bonchev–Trinajstić information content (AvgIpc) is 2.96. The molecule has 3 aromatic heterocycles. The van der Waals surface area contributed by atoms with Crippen LogP contribution in [0.5, 0.6) is 0 Å². The van der Waals surface area contributed by atoms with Gasteiger partial charge in [-0.25, -0.2) is 14.5 Å². The first-order chi connectivity index (χ1) is 11.6. The fourth-order valence-corrected chi connectivity index (χ4v) is 3.26. The largest absolute Gasteiger partial charge is 0.377 e. The van der Waals surface area contributed by atoms with Gasteiger partial charge in [0, 0.05) is 18.8 Å². The molecule has 0 spiro atoms. The average molecular weight is 392 g/mol. The summed E-state index contributed by atoms with van der Waals surface area (Å²) in [6.45, 7) is 4.12. The molecule has 1 saturated heterocycles. The van der Waals surface area contributed by atoms with E-state index in [9.17, 15) is 4.39 Å². The fourth-order valence-electron chi connectivity index (χ4n) is 2.91. The third-order valence-corrected chi connectivity index (χ3v) is 4.67. The van der Waals surface area contributed by atoms with Crippen LogP contribution in [0.1, 0.15) is 6.92 Å². The number of hydrogen-bond donors (Lipinski definition) is 0. The third kappa shape index (κ3) is 2.55. The van der Waals surface area contributed by atoms with Crippen molar-refractivity contribution in [1.82, 2.24) is 19.6 Å². The van der Waals surface area contributed by atoms with Crippen LogP contribution in [0.2, 0.25) is 0 Å². The first kappa shape index (κ1) is 15.5. The Labute approximate surface area is 146 Å². The standard InChI is InChI=1S/C16H15BrFN5O/c1-10-9-24-6-5-22(10)14-7-13(11-3-2-4-19-15(11)18)23-16(21-14)12(17)8-20-23/h2-4,7-8,10H,5-6,9H2,1H3/t10-/m1/s1. The van der Waals surface area contributed by atoms with Crippen molar-refractivity contribution in [3.8, 4) is 11.3 Å². The monoisotopic (exact) mass is 391 g/mol. The molecule has 0 N–H and O–H groups in total. The van der Waals surface area contributed by atoms with Gasteiger partial charge in [0.2, 0.25) is 5.95 Å². The molecule has 0 saturated carbocycles.